The zero-order valence-electron chi connectivity index (χ0n) is 14.0. The lowest BCUT2D eigenvalue weighted by Crippen LogP contribution is -2.21. The van der Waals surface area contributed by atoms with Gasteiger partial charge in [0.2, 0.25) is 0 Å². The SMILES string of the molecule is C=CC=C(OC)C(C)(C)c1ccc(C(C)(C)c2ccco2)o1. The molecule has 0 amide bonds. The van der Waals surface area contributed by atoms with Crippen molar-refractivity contribution >= 4 is 0 Å². The van der Waals surface area contributed by atoms with Crippen LogP contribution in [0.3, 0.4) is 0 Å². The van der Waals surface area contributed by atoms with Crippen LogP contribution in [-0.4, -0.2) is 7.11 Å². The van der Waals surface area contributed by atoms with Crippen molar-refractivity contribution in [1.29, 1.82) is 0 Å². The highest BCUT2D eigenvalue weighted by atomic mass is 16.5. The van der Waals surface area contributed by atoms with E-state index in [-0.39, 0.29) is 10.8 Å². The normalized spacial score (nSPS) is 13.2. The van der Waals surface area contributed by atoms with E-state index in [0.717, 1.165) is 23.0 Å². The minimum absolute atomic E-state index is 0.326. The molecule has 22 heavy (non-hydrogen) atoms. The molecule has 2 aromatic heterocycles. The van der Waals surface area contributed by atoms with Gasteiger partial charge >= 0.3 is 0 Å². The second-order valence-electron chi connectivity index (χ2n) is 6.36. The average Bonchev–Trinajstić information content (AvgIpc) is 3.14. The minimum Gasteiger partial charge on any atom is -0.500 e. The van der Waals surface area contributed by atoms with E-state index >= 15 is 0 Å². The molecule has 3 nitrogen and oxygen atoms in total. The van der Waals surface area contributed by atoms with Crippen molar-refractivity contribution in [3.63, 3.8) is 0 Å². The Bertz CT molecular complexity index is 655. The van der Waals surface area contributed by atoms with Crippen LogP contribution in [0, 0.1) is 0 Å². The molecule has 0 radical (unpaired) electrons. The highest BCUT2D eigenvalue weighted by molar-refractivity contribution is 5.32. The van der Waals surface area contributed by atoms with Gasteiger partial charge in [0.25, 0.3) is 0 Å². The first kappa shape index (κ1) is 16.2. The van der Waals surface area contributed by atoms with E-state index in [2.05, 4.69) is 34.3 Å². The fraction of sp³-hybridized carbons (Fsp3) is 0.368. The molecule has 0 spiro atoms. The van der Waals surface area contributed by atoms with Gasteiger partial charge in [-0.2, -0.15) is 0 Å². The summed E-state index contributed by atoms with van der Waals surface area (Å²) in [5.41, 5.74) is -0.701. The molecule has 0 N–H and O–H groups in total. The Hall–Kier alpha value is -2.16. The molecule has 2 rings (SSSR count). The van der Waals surface area contributed by atoms with E-state index in [1.807, 2.05) is 30.3 Å². The lowest BCUT2D eigenvalue weighted by atomic mass is 9.87. The van der Waals surface area contributed by atoms with Gasteiger partial charge in [0.15, 0.2) is 0 Å². The van der Waals surface area contributed by atoms with Crippen molar-refractivity contribution in [1.82, 2.24) is 0 Å². The van der Waals surface area contributed by atoms with Crippen LogP contribution >= 0.6 is 0 Å². The van der Waals surface area contributed by atoms with E-state index < -0.39 is 0 Å². The smallest absolute Gasteiger partial charge is 0.117 e. The molecular formula is C19H24O3. The zero-order chi connectivity index (χ0) is 16.4. The Labute approximate surface area is 132 Å². The number of hydrogen-bond donors (Lipinski definition) is 0. The number of hydrogen-bond acceptors (Lipinski definition) is 3. The van der Waals surface area contributed by atoms with Crippen molar-refractivity contribution in [3.05, 3.63) is 72.3 Å². The van der Waals surface area contributed by atoms with Crippen molar-refractivity contribution in [3.8, 4) is 0 Å². The maximum absolute atomic E-state index is 6.15. The van der Waals surface area contributed by atoms with Crippen LogP contribution in [0.25, 0.3) is 0 Å². The van der Waals surface area contributed by atoms with Crippen molar-refractivity contribution in [2.75, 3.05) is 7.11 Å². The molecule has 2 heterocycles. The first-order valence-electron chi connectivity index (χ1n) is 7.36. The molecule has 0 atom stereocenters. The standard InChI is InChI=1S/C19H24O3/c1-7-9-14(20-6)18(2,3)16-11-12-17(22-16)19(4,5)15-10-8-13-21-15/h7-13H,1H2,2-6H3. The Morgan fingerprint density at radius 3 is 2.32 bits per heavy atom. The summed E-state index contributed by atoms with van der Waals surface area (Å²) in [6, 6.07) is 7.85. The summed E-state index contributed by atoms with van der Waals surface area (Å²) in [5.74, 6) is 3.38. The molecule has 118 valence electrons. The van der Waals surface area contributed by atoms with Gasteiger partial charge < -0.3 is 13.6 Å². The van der Waals surface area contributed by atoms with Crippen molar-refractivity contribution in [2.24, 2.45) is 0 Å². The summed E-state index contributed by atoms with van der Waals surface area (Å²) in [7, 11) is 1.66. The quantitative estimate of drug-likeness (QED) is 0.544. The Morgan fingerprint density at radius 2 is 1.77 bits per heavy atom. The number of methoxy groups -OCH3 is 1. The Balaban J connectivity index is 2.39. The monoisotopic (exact) mass is 300 g/mol. The maximum atomic E-state index is 6.15. The Kier molecular flexibility index (Phi) is 4.36. The van der Waals surface area contributed by atoms with Gasteiger partial charge in [0.1, 0.15) is 23.0 Å². The largest absolute Gasteiger partial charge is 0.500 e. The third kappa shape index (κ3) is 2.76. The first-order chi connectivity index (χ1) is 10.3. The van der Waals surface area contributed by atoms with Gasteiger partial charge in [-0.3, -0.25) is 0 Å². The van der Waals surface area contributed by atoms with Crippen LogP contribution in [0.4, 0.5) is 0 Å². The van der Waals surface area contributed by atoms with E-state index in [0.29, 0.717) is 0 Å². The second kappa shape index (κ2) is 5.91. The number of rotatable bonds is 6. The summed E-state index contributed by atoms with van der Waals surface area (Å²) in [4.78, 5) is 0. The predicted molar refractivity (Wildman–Crippen MR) is 87.9 cm³/mol. The highest BCUT2D eigenvalue weighted by Gasteiger charge is 2.34. The fourth-order valence-electron chi connectivity index (χ4n) is 2.53. The molecule has 0 fully saturated rings. The fourth-order valence-corrected chi connectivity index (χ4v) is 2.53. The molecule has 0 saturated carbocycles. The first-order valence-corrected chi connectivity index (χ1v) is 7.36. The molecule has 2 aromatic rings. The summed E-state index contributed by atoms with van der Waals surface area (Å²) >= 11 is 0. The second-order valence-corrected chi connectivity index (χ2v) is 6.36. The molecular weight excluding hydrogens is 276 g/mol. The molecule has 0 aromatic carbocycles. The average molecular weight is 300 g/mol. The van der Waals surface area contributed by atoms with Gasteiger partial charge in [-0.05, 0) is 58.0 Å². The zero-order valence-corrected chi connectivity index (χ0v) is 14.0. The number of furan rings is 2. The van der Waals surface area contributed by atoms with Crippen molar-refractivity contribution in [2.45, 2.75) is 38.5 Å². The molecule has 0 saturated heterocycles. The third-order valence-electron chi connectivity index (χ3n) is 4.08. The van der Waals surface area contributed by atoms with E-state index in [4.69, 9.17) is 13.6 Å². The summed E-state index contributed by atoms with van der Waals surface area (Å²) in [6.07, 6.45) is 5.26. The van der Waals surface area contributed by atoms with Gasteiger partial charge in [-0.1, -0.05) is 12.7 Å². The molecule has 3 heteroatoms. The highest BCUT2D eigenvalue weighted by Crippen LogP contribution is 2.38. The van der Waals surface area contributed by atoms with Crippen LogP contribution in [0.1, 0.15) is 45.0 Å². The molecule has 0 aliphatic rings. The van der Waals surface area contributed by atoms with E-state index in [9.17, 15) is 0 Å². The predicted octanol–water partition coefficient (Wildman–Crippen LogP) is 5.19. The van der Waals surface area contributed by atoms with Crippen LogP contribution in [-0.2, 0) is 15.6 Å². The van der Waals surface area contributed by atoms with E-state index in [1.165, 1.54) is 0 Å². The lowest BCUT2D eigenvalue weighted by molar-refractivity contribution is 0.215. The van der Waals surface area contributed by atoms with Crippen LogP contribution in [0.5, 0.6) is 0 Å². The van der Waals surface area contributed by atoms with Gasteiger partial charge in [0.05, 0.1) is 24.2 Å². The van der Waals surface area contributed by atoms with Crippen LogP contribution < -0.4 is 0 Å². The minimum atomic E-state index is -0.375. The summed E-state index contributed by atoms with van der Waals surface area (Å²) in [6.45, 7) is 12.0. The lowest BCUT2D eigenvalue weighted by Gasteiger charge is -2.25. The molecule has 0 aliphatic carbocycles. The summed E-state index contributed by atoms with van der Waals surface area (Å²) in [5, 5.41) is 0. The molecule has 0 bridgehead atoms. The molecule has 0 unspecified atom stereocenters. The third-order valence-corrected chi connectivity index (χ3v) is 4.08. The van der Waals surface area contributed by atoms with Gasteiger partial charge in [-0.25, -0.2) is 0 Å². The van der Waals surface area contributed by atoms with Crippen LogP contribution in [0.2, 0.25) is 0 Å². The van der Waals surface area contributed by atoms with Gasteiger partial charge in [-0.15, -0.1) is 0 Å². The van der Waals surface area contributed by atoms with Crippen molar-refractivity contribution < 1.29 is 13.6 Å². The van der Waals surface area contributed by atoms with Crippen LogP contribution in [0.15, 0.2) is 63.9 Å². The Morgan fingerprint density at radius 1 is 1.09 bits per heavy atom. The van der Waals surface area contributed by atoms with E-state index in [1.54, 1.807) is 19.4 Å². The molecule has 0 aliphatic heterocycles. The topological polar surface area (TPSA) is 35.5 Å². The maximum Gasteiger partial charge on any atom is 0.117 e. The number of ether oxygens (including phenoxy) is 1. The number of allylic oxidation sites excluding steroid dienone is 3. The summed E-state index contributed by atoms with van der Waals surface area (Å²) < 4.78 is 17.2. The van der Waals surface area contributed by atoms with Gasteiger partial charge in [0, 0.05) is 0 Å².